The first-order chi connectivity index (χ1) is 6.24. The lowest BCUT2D eigenvalue weighted by atomic mass is 10.2. The summed E-state index contributed by atoms with van der Waals surface area (Å²) in [6.07, 6.45) is 2.28. The smallest absolute Gasteiger partial charge is 0.152 e. The zero-order valence-corrected chi connectivity index (χ0v) is 8.13. The number of aromatic amines is 1. The molecule has 0 aliphatic heterocycles. The maximum atomic E-state index is 10.6. The molecular formula is C9H6BrNO2. The van der Waals surface area contributed by atoms with E-state index < -0.39 is 0 Å². The van der Waals surface area contributed by atoms with Crippen LogP contribution in [0.3, 0.4) is 0 Å². The molecule has 0 spiro atoms. The Morgan fingerprint density at radius 1 is 1.46 bits per heavy atom. The highest BCUT2D eigenvalue weighted by atomic mass is 79.9. The molecule has 1 heterocycles. The predicted octanol–water partition coefficient (Wildman–Crippen LogP) is 2.45. The van der Waals surface area contributed by atoms with Crippen LogP contribution >= 0.6 is 15.9 Å². The van der Waals surface area contributed by atoms with Gasteiger partial charge < -0.3 is 10.1 Å². The van der Waals surface area contributed by atoms with Crippen LogP contribution in [-0.2, 0) is 0 Å². The number of benzene rings is 1. The van der Waals surface area contributed by atoms with Crippen molar-refractivity contribution in [2.75, 3.05) is 0 Å². The molecule has 0 atom stereocenters. The van der Waals surface area contributed by atoms with Crippen molar-refractivity contribution in [2.24, 2.45) is 0 Å². The van der Waals surface area contributed by atoms with E-state index in [0.29, 0.717) is 17.2 Å². The minimum Gasteiger partial charge on any atom is -0.507 e. The molecule has 0 radical (unpaired) electrons. The van der Waals surface area contributed by atoms with Gasteiger partial charge >= 0.3 is 0 Å². The third-order valence-electron chi connectivity index (χ3n) is 1.92. The maximum absolute atomic E-state index is 10.6. The van der Waals surface area contributed by atoms with E-state index in [0.717, 1.165) is 9.99 Å². The van der Waals surface area contributed by atoms with Gasteiger partial charge in [-0.25, -0.2) is 0 Å². The van der Waals surface area contributed by atoms with E-state index in [2.05, 4.69) is 20.9 Å². The first-order valence-corrected chi connectivity index (χ1v) is 4.47. The molecule has 1 aromatic heterocycles. The summed E-state index contributed by atoms with van der Waals surface area (Å²) in [7, 11) is 0. The number of phenolic OH excluding ortho intramolecular Hbond substituents is 1. The SMILES string of the molecule is O=Cc1c[nH]c2c(Br)ccc(O)c12. The van der Waals surface area contributed by atoms with E-state index in [1.54, 1.807) is 18.3 Å². The maximum Gasteiger partial charge on any atom is 0.152 e. The fourth-order valence-corrected chi connectivity index (χ4v) is 1.76. The Morgan fingerprint density at radius 2 is 2.23 bits per heavy atom. The molecule has 0 unspecified atom stereocenters. The highest BCUT2D eigenvalue weighted by Gasteiger charge is 2.09. The molecule has 0 aliphatic rings. The van der Waals surface area contributed by atoms with Crippen molar-refractivity contribution < 1.29 is 9.90 Å². The molecule has 13 heavy (non-hydrogen) atoms. The summed E-state index contributed by atoms with van der Waals surface area (Å²) >= 11 is 3.32. The molecule has 2 N–H and O–H groups in total. The van der Waals surface area contributed by atoms with E-state index in [1.165, 1.54) is 0 Å². The van der Waals surface area contributed by atoms with Crippen LogP contribution in [0.4, 0.5) is 0 Å². The summed E-state index contributed by atoms with van der Waals surface area (Å²) < 4.78 is 0.827. The first kappa shape index (κ1) is 8.31. The van der Waals surface area contributed by atoms with Crippen LogP contribution in [0.1, 0.15) is 10.4 Å². The van der Waals surface area contributed by atoms with Crippen LogP contribution in [0.15, 0.2) is 22.8 Å². The molecule has 0 bridgehead atoms. The van der Waals surface area contributed by atoms with Gasteiger partial charge in [0, 0.05) is 16.2 Å². The molecule has 0 amide bonds. The van der Waals surface area contributed by atoms with Gasteiger partial charge in [0.25, 0.3) is 0 Å². The number of aromatic nitrogens is 1. The normalized spacial score (nSPS) is 10.5. The number of H-pyrrole nitrogens is 1. The Bertz CT molecular complexity index is 476. The van der Waals surface area contributed by atoms with Gasteiger partial charge in [0.2, 0.25) is 0 Å². The third kappa shape index (κ3) is 1.14. The Hall–Kier alpha value is -1.29. The molecule has 4 heteroatoms. The summed E-state index contributed by atoms with van der Waals surface area (Å²) in [5, 5.41) is 10.1. The summed E-state index contributed by atoms with van der Waals surface area (Å²) in [6, 6.07) is 3.27. The molecule has 0 saturated carbocycles. The lowest BCUT2D eigenvalue weighted by molar-refractivity contribution is 0.112. The van der Waals surface area contributed by atoms with Gasteiger partial charge in [-0.2, -0.15) is 0 Å². The first-order valence-electron chi connectivity index (χ1n) is 3.68. The largest absolute Gasteiger partial charge is 0.507 e. The lowest BCUT2D eigenvalue weighted by Gasteiger charge is -1.97. The molecule has 0 aliphatic carbocycles. The molecule has 2 aromatic rings. The fourth-order valence-electron chi connectivity index (χ4n) is 1.31. The number of fused-ring (bicyclic) bond motifs is 1. The van der Waals surface area contributed by atoms with Crippen LogP contribution in [0.25, 0.3) is 10.9 Å². The van der Waals surface area contributed by atoms with E-state index in [1.807, 2.05) is 0 Å². The molecule has 0 fully saturated rings. The van der Waals surface area contributed by atoms with Crippen molar-refractivity contribution in [3.05, 3.63) is 28.4 Å². The minimum absolute atomic E-state index is 0.113. The Labute approximate surface area is 82.5 Å². The molecule has 2 rings (SSSR count). The van der Waals surface area contributed by atoms with E-state index >= 15 is 0 Å². The van der Waals surface area contributed by atoms with Crippen molar-refractivity contribution in [1.29, 1.82) is 0 Å². The van der Waals surface area contributed by atoms with E-state index in [-0.39, 0.29) is 5.75 Å². The number of halogens is 1. The third-order valence-corrected chi connectivity index (χ3v) is 2.58. The number of hydrogen-bond donors (Lipinski definition) is 2. The zero-order valence-electron chi connectivity index (χ0n) is 6.54. The highest BCUT2D eigenvalue weighted by Crippen LogP contribution is 2.31. The van der Waals surface area contributed by atoms with Gasteiger partial charge in [0.1, 0.15) is 5.75 Å². The highest BCUT2D eigenvalue weighted by molar-refractivity contribution is 9.10. The van der Waals surface area contributed by atoms with Crippen LogP contribution in [0, 0.1) is 0 Å². The monoisotopic (exact) mass is 239 g/mol. The molecule has 0 saturated heterocycles. The van der Waals surface area contributed by atoms with Crippen molar-refractivity contribution >= 4 is 33.1 Å². The molecular weight excluding hydrogens is 234 g/mol. The van der Waals surface area contributed by atoms with E-state index in [9.17, 15) is 9.90 Å². The Balaban J connectivity index is 2.95. The Morgan fingerprint density at radius 3 is 2.92 bits per heavy atom. The summed E-state index contributed by atoms with van der Waals surface area (Å²) in [4.78, 5) is 13.5. The molecule has 66 valence electrons. The van der Waals surface area contributed by atoms with Crippen LogP contribution < -0.4 is 0 Å². The van der Waals surface area contributed by atoms with Crippen LogP contribution in [0.5, 0.6) is 5.75 Å². The van der Waals surface area contributed by atoms with Crippen molar-refractivity contribution in [1.82, 2.24) is 4.98 Å². The van der Waals surface area contributed by atoms with Gasteiger partial charge in [-0.05, 0) is 28.1 Å². The van der Waals surface area contributed by atoms with E-state index in [4.69, 9.17) is 0 Å². The lowest BCUT2D eigenvalue weighted by Crippen LogP contribution is -1.76. The van der Waals surface area contributed by atoms with Gasteiger partial charge in [-0.3, -0.25) is 4.79 Å². The number of phenols is 1. The van der Waals surface area contributed by atoms with Gasteiger partial charge in [0.15, 0.2) is 6.29 Å². The van der Waals surface area contributed by atoms with Crippen molar-refractivity contribution in [3.63, 3.8) is 0 Å². The molecule has 1 aromatic carbocycles. The number of carbonyl (C=O) groups excluding carboxylic acids is 1. The van der Waals surface area contributed by atoms with Crippen molar-refractivity contribution in [3.8, 4) is 5.75 Å². The number of nitrogens with one attached hydrogen (secondary N) is 1. The predicted molar refractivity (Wildman–Crippen MR) is 53.1 cm³/mol. The average molecular weight is 240 g/mol. The second-order valence-electron chi connectivity index (χ2n) is 2.68. The van der Waals surface area contributed by atoms with Gasteiger partial charge in [-0.15, -0.1) is 0 Å². The van der Waals surface area contributed by atoms with Gasteiger partial charge in [-0.1, -0.05) is 0 Å². The quantitative estimate of drug-likeness (QED) is 0.752. The number of aldehydes is 1. The van der Waals surface area contributed by atoms with Gasteiger partial charge in [0.05, 0.1) is 10.9 Å². The number of carbonyl (C=O) groups is 1. The zero-order chi connectivity index (χ0) is 9.42. The number of aromatic hydroxyl groups is 1. The molecule has 3 nitrogen and oxygen atoms in total. The summed E-state index contributed by atoms with van der Waals surface area (Å²) in [6.45, 7) is 0. The standard InChI is InChI=1S/C9H6BrNO2/c10-6-1-2-7(13)8-5(4-12)3-11-9(6)8/h1-4,11,13H. The summed E-state index contributed by atoms with van der Waals surface area (Å²) in [5.41, 5.74) is 1.20. The minimum atomic E-state index is 0.113. The number of hydrogen-bond acceptors (Lipinski definition) is 2. The second-order valence-corrected chi connectivity index (χ2v) is 3.53. The average Bonchev–Trinajstić information content (AvgIpc) is 2.56. The fraction of sp³-hybridized carbons (Fsp3) is 0. The topological polar surface area (TPSA) is 53.1 Å². The number of rotatable bonds is 1. The van der Waals surface area contributed by atoms with Crippen LogP contribution in [-0.4, -0.2) is 16.4 Å². The van der Waals surface area contributed by atoms with Crippen LogP contribution in [0.2, 0.25) is 0 Å². The van der Waals surface area contributed by atoms with Crippen molar-refractivity contribution in [2.45, 2.75) is 0 Å². The second kappa shape index (κ2) is 2.88. The summed E-state index contributed by atoms with van der Waals surface area (Å²) in [5.74, 6) is 0.113. The Kier molecular flexibility index (Phi) is 1.84.